The van der Waals surface area contributed by atoms with E-state index in [0.29, 0.717) is 82.1 Å². The number of alkyl halides is 6. The Balaban J connectivity index is 1.46. The van der Waals surface area contributed by atoms with Gasteiger partial charge in [0.2, 0.25) is 0 Å². The zero-order valence-electron chi connectivity index (χ0n) is 39.9. The predicted octanol–water partition coefficient (Wildman–Crippen LogP) is 13.8. The first-order chi connectivity index (χ1) is 33.5. The van der Waals surface area contributed by atoms with E-state index in [0.717, 1.165) is 64.4 Å². The summed E-state index contributed by atoms with van der Waals surface area (Å²) in [6.07, 6.45) is 0. The second kappa shape index (κ2) is 22.0. The van der Waals surface area contributed by atoms with E-state index >= 15 is 26.3 Å². The largest absolute Gasteiger partial charge is 0.382 e. The smallest absolute Gasteiger partial charge is 0.380 e. The number of fused-ring (bicyclic) bond motifs is 4. The third-order valence-corrected chi connectivity index (χ3v) is 20.3. The van der Waals surface area contributed by atoms with Crippen molar-refractivity contribution >= 4 is 79.2 Å². The van der Waals surface area contributed by atoms with Crippen LogP contribution in [0.1, 0.15) is 72.4 Å². The number of allylic oxidation sites excluding steroid dienone is 2. The Hall–Kier alpha value is -2.80. The average Bonchev–Trinajstić information content (AvgIpc) is 4.20. The van der Waals surface area contributed by atoms with E-state index in [1.165, 1.54) is 57.5 Å². The number of rotatable bonds is 24. The van der Waals surface area contributed by atoms with Gasteiger partial charge in [-0.3, -0.25) is 0 Å². The first-order valence-electron chi connectivity index (χ1n) is 22.3. The van der Waals surface area contributed by atoms with Gasteiger partial charge in [0, 0.05) is 109 Å². The van der Waals surface area contributed by atoms with Crippen LogP contribution in [0.2, 0.25) is 0 Å². The van der Waals surface area contributed by atoms with Gasteiger partial charge < -0.3 is 37.9 Å². The fourth-order valence-electron chi connectivity index (χ4n) is 8.55. The molecule has 0 fully saturated rings. The van der Waals surface area contributed by atoms with E-state index in [1.807, 2.05) is 52.0 Å². The highest BCUT2D eigenvalue weighted by Crippen LogP contribution is 2.71. The summed E-state index contributed by atoms with van der Waals surface area (Å²) < 4.78 is 146. The topological polar surface area (TPSA) is 73.8 Å². The highest BCUT2D eigenvalue weighted by atomic mass is 32.1. The molecular formula is C50H54F6O8S6. The second-order valence-electron chi connectivity index (χ2n) is 17.0. The standard InChI is InChI=1S/C50H54F6O8S6/c1-27-17-33(65-37(27)23-61-13-9-57-5)35-21-31-43-44(49(53,54)50(55,56)48(43,51)52)32-22-36(34-18-28(2)38(66-34)24-62-14-10-58-6)70-46(32)47(45(31)69-35,41-19-29(3)39(67-41)25-63-15-11-59-7)42-20-30(4)40(68-42)26-64-16-12-60-8/h17-22H,9-16,23-26H2,1-8H3. The van der Waals surface area contributed by atoms with E-state index in [-0.39, 0.29) is 47.3 Å². The Labute approximate surface area is 427 Å². The molecule has 8 rings (SSSR count). The molecule has 0 saturated heterocycles. The van der Waals surface area contributed by atoms with Crippen LogP contribution in [0.3, 0.4) is 0 Å². The summed E-state index contributed by atoms with van der Waals surface area (Å²) in [5.41, 5.74) is -1.61. The van der Waals surface area contributed by atoms with Crippen molar-refractivity contribution in [1.82, 2.24) is 0 Å². The van der Waals surface area contributed by atoms with Gasteiger partial charge >= 0.3 is 17.8 Å². The summed E-state index contributed by atoms with van der Waals surface area (Å²) in [4.78, 5) is 7.35. The van der Waals surface area contributed by atoms with Gasteiger partial charge in [-0.25, -0.2) is 0 Å². The van der Waals surface area contributed by atoms with Gasteiger partial charge in [0.05, 0.1) is 79.3 Å². The molecule has 0 aromatic carbocycles. The molecule has 0 unspecified atom stereocenters. The predicted molar refractivity (Wildman–Crippen MR) is 270 cm³/mol. The maximum absolute atomic E-state index is 17.2. The fourth-order valence-corrected chi connectivity index (χ4v) is 16.8. The molecule has 8 nitrogen and oxygen atoms in total. The number of methoxy groups -OCH3 is 4. The zero-order chi connectivity index (χ0) is 50.2. The number of halogens is 6. The van der Waals surface area contributed by atoms with E-state index in [2.05, 4.69) is 0 Å². The number of hydrogen-bond acceptors (Lipinski definition) is 14. The normalized spacial score (nSPS) is 16.5. The Morgan fingerprint density at radius 3 is 1.01 bits per heavy atom. The van der Waals surface area contributed by atoms with Crippen molar-refractivity contribution in [2.24, 2.45) is 0 Å². The molecule has 2 aliphatic carbocycles. The number of thiophene rings is 6. The van der Waals surface area contributed by atoms with E-state index in [9.17, 15) is 0 Å². The SMILES string of the molecule is COCCOCc1sc(-c2cc3c(s2)C(c2cc(C)c(COCCOC)s2)(c2cc(C)c(COCCOC)s2)c2sc(-c4cc(C)c(COCCOC)s4)cc2C2=C3C(F)(F)C(F)(F)C2(F)F)cc1C. The van der Waals surface area contributed by atoms with Crippen molar-refractivity contribution in [3.63, 3.8) is 0 Å². The minimum atomic E-state index is -5.76. The molecule has 0 amide bonds. The van der Waals surface area contributed by atoms with Crippen LogP contribution in [0.5, 0.6) is 0 Å². The molecule has 0 N–H and O–H groups in total. The Morgan fingerprint density at radius 1 is 0.386 bits per heavy atom. The lowest BCUT2D eigenvalue weighted by atomic mass is 9.77. The first kappa shape index (κ1) is 53.5. The van der Waals surface area contributed by atoms with Crippen LogP contribution >= 0.6 is 68.0 Å². The van der Waals surface area contributed by atoms with Crippen molar-refractivity contribution in [3.8, 4) is 19.5 Å². The molecule has 0 bridgehead atoms. The summed E-state index contributed by atoms with van der Waals surface area (Å²) >= 11 is 7.85. The summed E-state index contributed by atoms with van der Waals surface area (Å²) in [6.45, 7) is 11.3. The van der Waals surface area contributed by atoms with Crippen LogP contribution in [-0.2, 0) is 69.7 Å². The van der Waals surface area contributed by atoms with Crippen LogP contribution in [0, 0.1) is 27.7 Å². The van der Waals surface area contributed by atoms with E-state index < -0.39 is 34.3 Å². The molecule has 20 heteroatoms. The van der Waals surface area contributed by atoms with Gasteiger partial charge in [-0.1, -0.05) is 0 Å². The van der Waals surface area contributed by atoms with Gasteiger partial charge in [-0.15, -0.1) is 68.0 Å². The first-order valence-corrected chi connectivity index (χ1v) is 27.2. The van der Waals surface area contributed by atoms with E-state index in [4.69, 9.17) is 37.9 Å². The molecule has 0 saturated carbocycles. The molecule has 6 heterocycles. The van der Waals surface area contributed by atoms with Crippen molar-refractivity contribution < 1.29 is 64.2 Å². The molecule has 0 spiro atoms. The number of hydrogen-bond donors (Lipinski definition) is 0. The molecule has 0 aliphatic heterocycles. The summed E-state index contributed by atoms with van der Waals surface area (Å²) in [6, 6.07) is 10.6. The van der Waals surface area contributed by atoms with Gasteiger partial charge in [-0.2, -0.15) is 26.3 Å². The summed E-state index contributed by atoms with van der Waals surface area (Å²) in [5.74, 6) is -16.3. The minimum Gasteiger partial charge on any atom is -0.382 e. The average molecular weight is 1090 g/mol. The highest BCUT2D eigenvalue weighted by molar-refractivity contribution is 7.24. The molecule has 70 heavy (non-hydrogen) atoms. The zero-order valence-corrected chi connectivity index (χ0v) is 44.8. The van der Waals surface area contributed by atoms with Crippen LogP contribution in [-0.4, -0.2) is 99.1 Å². The van der Waals surface area contributed by atoms with E-state index in [1.54, 1.807) is 28.4 Å². The van der Waals surface area contributed by atoms with Crippen LogP contribution in [0.25, 0.3) is 30.7 Å². The van der Waals surface area contributed by atoms with Crippen molar-refractivity contribution in [2.45, 2.75) is 77.3 Å². The Morgan fingerprint density at radius 2 is 0.686 bits per heavy atom. The van der Waals surface area contributed by atoms with Gasteiger partial charge in [0.1, 0.15) is 5.41 Å². The third-order valence-electron chi connectivity index (χ3n) is 12.3. The molecule has 6 aromatic heterocycles. The summed E-state index contributed by atoms with van der Waals surface area (Å²) in [7, 11) is 6.30. The molecule has 0 atom stereocenters. The lowest BCUT2D eigenvalue weighted by Crippen LogP contribution is -2.49. The lowest BCUT2D eigenvalue weighted by Gasteiger charge is -2.34. The Bertz CT molecular complexity index is 2630. The lowest BCUT2D eigenvalue weighted by molar-refractivity contribution is -0.254. The Kier molecular flexibility index (Phi) is 16.8. The van der Waals surface area contributed by atoms with Crippen molar-refractivity contribution in [1.29, 1.82) is 0 Å². The third kappa shape index (κ3) is 9.61. The molecule has 6 aromatic rings. The molecule has 380 valence electrons. The molecule has 0 radical (unpaired) electrons. The van der Waals surface area contributed by atoms with Gasteiger partial charge in [0.15, 0.2) is 0 Å². The maximum atomic E-state index is 17.2. The van der Waals surface area contributed by atoms with Crippen LogP contribution in [0.4, 0.5) is 26.3 Å². The van der Waals surface area contributed by atoms with Gasteiger partial charge in [-0.05, 0) is 86.3 Å². The van der Waals surface area contributed by atoms with Crippen molar-refractivity contribution in [2.75, 3.05) is 81.3 Å². The molecule has 2 aliphatic rings. The van der Waals surface area contributed by atoms with Crippen LogP contribution < -0.4 is 0 Å². The van der Waals surface area contributed by atoms with Crippen LogP contribution in [0.15, 0.2) is 36.4 Å². The monoisotopic (exact) mass is 1090 g/mol. The van der Waals surface area contributed by atoms with Crippen molar-refractivity contribution in [3.05, 3.63) is 109 Å². The van der Waals surface area contributed by atoms with Gasteiger partial charge in [0.25, 0.3) is 0 Å². The number of aryl methyl sites for hydroxylation is 4. The summed E-state index contributed by atoms with van der Waals surface area (Å²) in [5, 5.41) is 0. The highest BCUT2D eigenvalue weighted by Gasteiger charge is 2.81. The molecular weight excluding hydrogens is 1030 g/mol. The fraction of sp³-hybridized carbons (Fsp3) is 0.480. The number of ether oxygens (including phenoxy) is 8. The quantitative estimate of drug-likeness (QED) is 0.0438. The maximum Gasteiger partial charge on any atom is 0.380 e. The second-order valence-corrected chi connectivity index (χ2v) is 23.6. The minimum absolute atomic E-state index is 0.188.